The highest BCUT2D eigenvalue weighted by Crippen LogP contribution is 2.11. The number of aryl methyl sites for hydroxylation is 1. The fourth-order valence-electron chi connectivity index (χ4n) is 3.28. The fraction of sp³-hybridized carbons (Fsp3) is 0.650. The molecule has 8 nitrogen and oxygen atoms in total. The van der Waals surface area contributed by atoms with Crippen molar-refractivity contribution in [1.29, 1.82) is 0 Å². The molecular formula is C20H31N5O3. The van der Waals surface area contributed by atoms with Crippen molar-refractivity contribution in [2.45, 2.75) is 58.6 Å². The molecule has 0 saturated heterocycles. The molecule has 0 radical (unpaired) electrons. The van der Waals surface area contributed by atoms with E-state index in [2.05, 4.69) is 40.6 Å². The van der Waals surface area contributed by atoms with Crippen molar-refractivity contribution in [3.8, 4) is 11.8 Å². The SMILES string of the molecule is CCCN(CC#CC(C)(O)CCCn1c(=O)c2[nH]cnc2n(C)c1=O)CCC. The number of nitrogens with one attached hydrogen (secondary N) is 1. The minimum absolute atomic E-state index is 0.218. The van der Waals surface area contributed by atoms with Gasteiger partial charge >= 0.3 is 5.69 Å². The van der Waals surface area contributed by atoms with Gasteiger partial charge in [-0.15, -0.1) is 0 Å². The number of aromatic nitrogens is 4. The number of hydrogen-bond donors (Lipinski definition) is 2. The number of H-pyrrole nitrogens is 1. The first kappa shape index (κ1) is 21.9. The normalized spacial score (nSPS) is 13.5. The molecule has 2 aromatic rings. The van der Waals surface area contributed by atoms with Gasteiger partial charge in [0, 0.05) is 13.6 Å². The van der Waals surface area contributed by atoms with Crippen molar-refractivity contribution in [2.75, 3.05) is 19.6 Å². The summed E-state index contributed by atoms with van der Waals surface area (Å²) < 4.78 is 2.52. The summed E-state index contributed by atoms with van der Waals surface area (Å²) in [6, 6.07) is 0. The van der Waals surface area contributed by atoms with Gasteiger partial charge in [0.05, 0.1) is 12.9 Å². The second-order valence-electron chi connectivity index (χ2n) is 7.35. The molecule has 8 heteroatoms. The van der Waals surface area contributed by atoms with Gasteiger partial charge in [0.15, 0.2) is 5.65 Å². The van der Waals surface area contributed by atoms with Gasteiger partial charge < -0.3 is 10.1 Å². The largest absolute Gasteiger partial charge is 0.378 e. The van der Waals surface area contributed by atoms with Crippen molar-refractivity contribution < 1.29 is 5.11 Å². The molecule has 154 valence electrons. The van der Waals surface area contributed by atoms with Crippen molar-refractivity contribution in [3.63, 3.8) is 0 Å². The van der Waals surface area contributed by atoms with Gasteiger partial charge in [-0.2, -0.15) is 0 Å². The Balaban J connectivity index is 2.01. The third-order valence-corrected chi connectivity index (χ3v) is 4.70. The van der Waals surface area contributed by atoms with E-state index in [1.807, 2.05) is 0 Å². The van der Waals surface area contributed by atoms with E-state index in [-0.39, 0.29) is 6.54 Å². The highest BCUT2D eigenvalue weighted by Gasteiger charge is 2.18. The number of aromatic amines is 1. The minimum atomic E-state index is -1.16. The van der Waals surface area contributed by atoms with Gasteiger partial charge in [-0.3, -0.25) is 18.8 Å². The standard InChI is InChI=1S/C20H31N5O3/c1-5-11-24(12-6-2)13-7-9-20(3,28)10-8-14-25-18(26)16-17(22-15-21-16)23(4)19(25)27/h15,28H,5-6,8,10-14H2,1-4H3,(H,21,22). The number of aliphatic hydroxyl groups is 1. The maximum absolute atomic E-state index is 12.5. The van der Waals surface area contributed by atoms with Crippen LogP contribution in [-0.4, -0.2) is 54.3 Å². The summed E-state index contributed by atoms with van der Waals surface area (Å²) in [6.45, 7) is 8.78. The van der Waals surface area contributed by atoms with Crippen LogP contribution in [0.3, 0.4) is 0 Å². The molecule has 0 fully saturated rings. The van der Waals surface area contributed by atoms with E-state index in [1.54, 1.807) is 14.0 Å². The molecule has 2 aromatic heterocycles. The van der Waals surface area contributed by atoms with Crippen molar-refractivity contribution in [3.05, 3.63) is 27.2 Å². The van der Waals surface area contributed by atoms with E-state index >= 15 is 0 Å². The van der Waals surface area contributed by atoms with E-state index < -0.39 is 16.9 Å². The first-order chi connectivity index (χ1) is 13.3. The van der Waals surface area contributed by atoms with Crippen LogP contribution in [0.4, 0.5) is 0 Å². The number of fused-ring (bicyclic) bond motifs is 1. The van der Waals surface area contributed by atoms with Gasteiger partial charge in [-0.05, 0) is 45.7 Å². The van der Waals surface area contributed by atoms with Crippen LogP contribution in [0.2, 0.25) is 0 Å². The molecule has 0 aliphatic carbocycles. The number of hydrogen-bond acceptors (Lipinski definition) is 5. The second kappa shape index (κ2) is 9.71. The first-order valence-electron chi connectivity index (χ1n) is 9.88. The van der Waals surface area contributed by atoms with Crippen LogP contribution in [0.1, 0.15) is 46.5 Å². The lowest BCUT2D eigenvalue weighted by Crippen LogP contribution is -2.39. The number of rotatable bonds is 9. The fourth-order valence-corrected chi connectivity index (χ4v) is 3.28. The van der Waals surface area contributed by atoms with Crippen molar-refractivity contribution in [2.24, 2.45) is 7.05 Å². The lowest BCUT2D eigenvalue weighted by molar-refractivity contribution is 0.108. The van der Waals surface area contributed by atoms with E-state index in [0.29, 0.717) is 30.6 Å². The predicted molar refractivity (Wildman–Crippen MR) is 110 cm³/mol. The highest BCUT2D eigenvalue weighted by molar-refractivity contribution is 5.68. The second-order valence-corrected chi connectivity index (χ2v) is 7.35. The molecule has 2 N–H and O–H groups in total. The Kier molecular flexibility index (Phi) is 7.61. The molecule has 1 atom stereocenters. The lowest BCUT2D eigenvalue weighted by atomic mass is 10.0. The zero-order chi connectivity index (χ0) is 20.7. The van der Waals surface area contributed by atoms with E-state index in [9.17, 15) is 14.7 Å². The summed E-state index contributed by atoms with van der Waals surface area (Å²) in [4.78, 5) is 33.9. The van der Waals surface area contributed by atoms with Gasteiger partial charge in [-0.1, -0.05) is 25.7 Å². The predicted octanol–water partition coefficient (Wildman–Crippen LogP) is 1.08. The van der Waals surface area contributed by atoms with Crippen LogP contribution < -0.4 is 11.2 Å². The monoisotopic (exact) mass is 389 g/mol. The molecular weight excluding hydrogens is 358 g/mol. The maximum Gasteiger partial charge on any atom is 0.332 e. The average molecular weight is 390 g/mol. The van der Waals surface area contributed by atoms with Gasteiger partial charge in [0.2, 0.25) is 0 Å². The quantitative estimate of drug-likeness (QED) is 0.626. The summed E-state index contributed by atoms with van der Waals surface area (Å²) in [6.07, 6.45) is 4.38. The van der Waals surface area contributed by atoms with E-state index in [0.717, 1.165) is 25.9 Å². The minimum Gasteiger partial charge on any atom is -0.378 e. The van der Waals surface area contributed by atoms with Crippen LogP contribution in [0.15, 0.2) is 15.9 Å². The van der Waals surface area contributed by atoms with Crippen molar-refractivity contribution >= 4 is 11.2 Å². The Bertz CT molecular complexity index is 952. The molecule has 0 aliphatic heterocycles. The van der Waals surface area contributed by atoms with Crippen LogP contribution in [0.5, 0.6) is 0 Å². The highest BCUT2D eigenvalue weighted by atomic mass is 16.3. The van der Waals surface area contributed by atoms with Gasteiger partial charge in [0.1, 0.15) is 11.1 Å². The topological polar surface area (TPSA) is 96.2 Å². The van der Waals surface area contributed by atoms with Crippen LogP contribution in [0.25, 0.3) is 11.2 Å². The molecule has 0 amide bonds. The molecule has 0 saturated carbocycles. The Hall–Kier alpha value is -2.37. The Morgan fingerprint density at radius 1 is 1.29 bits per heavy atom. The Morgan fingerprint density at radius 2 is 1.96 bits per heavy atom. The lowest BCUT2D eigenvalue weighted by Gasteiger charge is -2.19. The van der Waals surface area contributed by atoms with E-state index in [1.165, 1.54) is 15.5 Å². The molecule has 0 spiro atoms. The molecule has 0 aliphatic rings. The summed E-state index contributed by atoms with van der Waals surface area (Å²) in [5.74, 6) is 6.01. The first-order valence-corrected chi connectivity index (χ1v) is 9.88. The number of nitrogens with zero attached hydrogens (tertiary/aromatic N) is 4. The average Bonchev–Trinajstić information content (AvgIpc) is 3.13. The smallest absolute Gasteiger partial charge is 0.332 e. The summed E-state index contributed by atoms with van der Waals surface area (Å²) in [5.41, 5.74) is -1.31. The maximum atomic E-state index is 12.5. The zero-order valence-corrected chi connectivity index (χ0v) is 17.3. The Labute approximate surface area is 165 Å². The molecule has 1 unspecified atom stereocenters. The summed E-state index contributed by atoms with van der Waals surface area (Å²) in [5, 5.41) is 10.5. The molecule has 2 rings (SSSR count). The Morgan fingerprint density at radius 3 is 2.61 bits per heavy atom. The zero-order valence-electron chi connectivity index (χ0n) is 17.3. The summed E-state index contributed by atoms with van der Waals surface area (Å²) in [7, 11) is 1.58. The van der Waals surface area contributed by atoms with Gasteiger partial charge in [0.25, 0.3) is 5.56 Å². The molecule has 0 aromatic carbocycles. The third kappa shape index (κ3) is 5.33. The molecule has 28 heavy (non-hydrogen) atoms. The molecule has 0 bridgehead atoms. The number of imidazole rings is 1. The van der Waals surface area contributed by atoms with Crippen molar-refractivity contribution in [1.82, 2.24) is 24.0 Å². The molecule has 2 heterocycles. The van der Waals surface area contributed by atoms with Crippen LogP contribution in [0, 0.1) is 11.8 Å². The van der Waals surface area contributed by atoms with E-state index in [4.69, 9.17) is 0 Å². The third-order valence-electron chi connectivity index (χ3n) is 4.70. The van der Waals surface area contributed by atoms with Gasteiger partial charge in [-0.25, -0.2) is 9.78 Å². The van der Waals surface area contributed by atoms with Crippen LogP contribution >= 0.6 is 0 Å². The van der Waals surface area contributed by atoms with Crippen LogP contribution in [-0.2, 0) is 13.6 Å². The summed E-state index contributed by atoms with van der Waals surface area (Å²) >= 11 is 0.